The van der Waals surface area contributed by atoms with Crippen molar-refractivity contribution in [3.05, 3.63) is 29.6 Å². The Bertz CT molecular complexity index is 510. The standard InChI is InChI=1S/C11H9FN2O4/c12-8-5-7(11(16)17)1-2-9(8)18-6-10(15)14-4-3-13/h1-2,5H,4,6H2,(H,14,15)(H,16,17). The van der Waals surface area contributed by atoms with Gasteiger partial charge >= 0.3 is 5.97 Å². The zero-order valence-electron chi connectivity index (χ0n) is 9.14. The van der Waals surface area contributed by atoms with Crippen LogP contribution in [0.1, 0.15) is 10.4 Å². The van der Waals surface area contributed by atoms with Gasteiger partial charge in [-0.05, 0) is 18.2 Å². The average Bonchev–Trinajstić information content (AvgIpc) is 2.34. The number of amides is 1. The van der Waals surface area contributed by atoms with E-state index in [0.717, 1.165) is 18.2 Å². The topological polar surface area (TPSA) is 99.4 Å². The quantitative estimate of drug-likeness (QED) is 0.745. The summed E-state index contributed by atoms with van der Waals surface area (Å²) in [6.07, 6.45) is 0. The van der Waals surface area contributed by atoms with Crippen LogP contribution in [0, 0.1) is 17.1 Å². The first kappa shape index (κ1) is 13.4. The van der Waals surface area contributed by atoms with Gasteiger partial charge in [-0.2, -0.15) is 5.26 Å². The highest BCUT2D eigenvalue weighted by atomic mass is 19.1. The van der Waals surface area contributed by atoms with E-state index in [4.69, 9.17) is 15.1 Å². The molecular weight excluding hydrogens is 243 g/mol. The first-order valence-corrected chi connectivity index (χ1v) is 4.84. The number of carboxylic acid groups (broad SMARTS) is 1. The van der Waals surface area contributed by atoms with E-state index >= 15 is 0 Å². The van der Waals surface area contributed by atoms with Crippen LogP contribution in [0.3, 0.4) is 0 Å². The Morgan fingerprint density at radius 2 is 2.22 bits per heavy atom. The van der Waals surface area contributed by atoms with Crippen molar-refractivity contribution in [1.82, 2.24) is 5.32 Å². The van der Waals surface area contributed by atoms with Crippen LogP contribution < -0.4 is 10.1 Å². The molecule has 0 atom stereocenters. The van der Waals surface area contributed by atoms with Crippen molar-refractivity contribution < 1.29 is 23.8 Å². The molecule has 6 nitrogen and oxygen atoms in total. The lowest BCUT2D eigenvalue weighted by Crippen LogP contribution is -2.29. The summed E-state index contributed by atoms with van der Waals surface area (Å²) in [5.74, 6) is -2.93. The average molecular weight is 252 g/mol. The maximum Gasteiger partial charge on any atom is 0.335 e. The maximum absolute atomic E-state index is 13.3. The highest BCUT2D eigenvalue weighted by molar-refractivity contribution is 5.87. The summed E-state index contributed by atoms with van der Waals surface area (Å²) in [4.78, 5) is 21.6. The van der Waals surface area contributed by atoms with E-state index in [0.29, 0.717) is 0 Å². The molecule has 1 rings (SSSR count). The molecule has 1 aromatic carbocycles. The smallest absolute Gasteiger partial charge is 0.335 e. The number of carbonyl (C=O) groups is 2. The van der Waals surface area contributed by atoms with Crippen molar-refractivity contribution >= 4 is 11.9 Å². The van der Waals surface area contributed by atoms with Gasteiger partial charge in [0.25, 0.3) is 5.91 Å². The Morgan fingerprint density at radius 1 is 1.50 bits per heavy atom. The summed E-state index contributed by atoms with van der Waals surface area (Å²) >= 11 is 0. The second kappa shape index (κ2) is 6.20. The fraction of sp³-hybridized carbons (Fsp3) is 0.182. The maximum atomic E-state index is 13.3. The third-order valence-corrected chi connectivity index (χ3v) is 1.90. The Kier molecular flexibility index (Phi) is 4.63. The number of aromatic carboxylic acids is 1. The fourth-order valence-electron chi connectivity index (χ4n) is 1.08. The summed E-state index contributed by atoms with van der Waals surface area (Å²) < 4.78 is 18.2. The summed E-state index contributed by atoms with van der Waals surface area (Å²) in [6.45, 7) is -0.617. The highest BCUT2D eigenvalue weighted by Gasteiger charge is 2.10. The number of benzene rings is 1. The summed E-state index contributed by atoms with van der Waals surface area (Å²) in [5.41, 5.74) is -0.214. The van der Waals surface area contributed by atoms with E-state index in [1.54, 1.807) is 6.07 Å². The molecule has 0 spiro atoms. The molecule has 0 aliphatic carbocycles. The molecule has 0 radical (unpaired) electrons. The molecule has 0 heterocycles. The number of hydrogen-bond acceptors (Lipinski definition) is 4. The first-order chi connectivity index (χ1) is 8.54. The molecule has 18 heavy (non-hydrogen) atoms. The van der Waals surface area contributed by atoms with Crippen LogP contribution in [-0.4, -0.2) is 30.1 Å². The predicted octanol–water partition coefficient (Wildman–Crippen LogP) is 0.542. The van der Waals surface area contributed by atoms with Crippen LogP contribution in [0.2, 0.25) is 0 Å². The molecule has 2 N–H and O–H groups in total. The van der Waals surface area contributed by atoms with Gasteiger partial charge in [-0.1, -0.05) is 0 Å². The van der Waals surface area contributed by atoms with Crippen molar-refractivity contribution in [3.63, 3.8) is 0 Å². The lowest BCUT2D eigenvalue weighted by Gasteiger charge is -2.07. The van der Waals surface area contributed by atoms with Crippen LogP contribution in [0.4, 0.5) is 4.39 Å². The van der Waals surface area contributed by atoms with Crippen LogP contribution >= 0.6 is 0 Å². The minimum Gasteiger partial charge on any atom is -0.481 e. The summed E-state index contributed by atoms with van der Waals surface area (Å²) in [6, 6.07) is 4.78. The number of nitriles is 1. The molecule has 94 valence electrons. The number of nitrogens with one attached hydrogen (secondary N) is 1. The number of carbonyl (C=O) groups excluding carboxylic acids is 1. The van der Waals surface area contributed by atoms with Gasteiger partial charge in [-0.3, -0.25) is 4.79 Å². The van der Waals surface area contributed by atoms with Crippen LogP contribution in [0.15, 0.2) is 18.2 Å². The van der Waals surface area contributed by atoms with E-state index in [1.165, 1.54) is 0 Å². The largest absolute Gasteiger partial charge is 0.481 e. The van der Waals surface area contributed by atoms with Gasteiger partial charge in [0.2, 0.25) is 0 Å². The van der Waals surface area contributed by atoms with Gasteiger partial charge in [0.05, 0.1) is 11.6 Å². The van der Waals surface area contributed by atoms with Gasteiger partial charge in [0, 0.05) is 0 Å². The first-order valence-electron chi connectivity index (χ1n) is 4.84. The van der Waals surface area contributed by atoms with E-state index in [2.05, 4.69) is 5.32 Å². The minimum atomic E-state index is -1.26. The summed E-state index contributed by atoms with van der Waals surface area (Å²) in [5, 5.41) is 19.0. The van der Waals surface area contributed by atoms with Gasteiger partial charge in [-0.25, -0.2) is 9.18 Å². The lowest BCUT2D eigenvalue weighted by molar-refractivity contribution is -0.122. The van der Waals surface area contributed by atoms with E-state index < -0.39 is 24.3 Å². The summed E-state index contributed by atoms with van der Waals surface area (Å²) in [7, 11) is 0. The molecule has 1 aromatic rings. The Labute approximate surface area is 102 Å². The molecular formula is C11H9FN2O4. The van der Waals surface area contributed by atoms with Gasteiger partial charge in [0.1, 0.15) is 6.54 Å². The zero-order valence-corrected chi connectivity index (χ0v) is 9.14. The Morgan fingerprint density at radius 3 is 2.78 bits per heavy atom. The Hall–Kier alpha value is -2.62. The zero-order chi connectivity index (χ0) is 13.5. The van der Waals surface area contributed by atoms with Crippen molar-refractivity contribution in [2.24, 2.45) is 0 Å². The van der Waals surface area contributed by atoms with Gasteiger partial charge in [-0.15, -0.1) is 0 Å². The number of rotatable bonds is 5. The lowest BCUT2D eigenvalue weighted by atomic mass is 10.2. The third kappa shape index (κ3) is 3.75. The second-order valence-electron chi connectivity index (χ2n) is 3.17. The molecule has 0 saturated carbocycles. The van der Waals surface area contributed by atoms with Gasteiger partial charge < -0.3 is 15.2 Å². The minimum absolute atomic E-state index is 0.164. The molecule has 0 bridgehead atoms. The van der Waals surface area contributed by atoms with Crippen molar-refractivity contribution in [2.45, 2.75) is 0 Å². The SMILES string of the molecule is N#CCNC(=O)COc1ccc(C(=O)O)cc1F. The molecule has 0 aliphatic rings. The number of carboxylic acids is 1. The van der Waals surface area contributed by atoms with E-state index in [1.807, 2.05) is 0 Å². The normalized spacial score (nSPS) is 9.33. The van der Waals surface area contributed by atoms with Crippen molar-refractivity contribution in [3.8, 4) is 11.8 Å². The monoisotopic (exact) mass is 252 g/mol. The molecule has 0 fully saturated rings. The van der Waals surface area contributed by atoms with Crippen molar-refractivity contribution in [1.29, 1.82) is 5.26 Å². The number of halogens is 1. The number of hydrogen-bond donors (Lipinski definition) is 2. The van der Waals surface area contributed by atoms with E-state index in [-0.39, 0.29) is 17.9 Å². The molecule has 0 unspecified atom stereocenters. The van der Waals surface area contributed by atoms with Crippen LogP contribution in [0.5, 0.6) is 5.75 Å². The van der Waals surface area contributed by atoms with E-state index in [9.17, 15) is 14.0 Å². The van der Waals surface area contributed by atoms with Crippen LogP contribution in [-0.2, 0) is 4.79 Å². The molecule has 1 amide bonds. The predicted molar refractivity (Wildman–Crippen MR) is 57.5 cm³/mol. The molecule has 7 heteroatoms. The number of ether oxygens (including phenoxy) is 1. The number of nitrogens with zero attached hydrogens (tertiary/aromatic N) is 1. The molecule has 0 saturated heterocycles. The molecule has 0 aromatic heterocycles. The second-order valence-corrected chi connectivity index (χ2v) is 3.17. The van der Waals surface area contributed by atoms with Crippen molar-refractivity contribution in [2.75, 3.05) is 13.2 Å². The van der Waals surface area contributed by atoms with Crippen LogP contribution in [0.25, 0.3) is 0 Å². The highest BCUT2D eigenvalue weighted by Crippen LogP contribution is 2.18. The third-order valence-electron chi connectivity index (χ3n) is 1.90. The fourth-order valence-corrected chi connectivity index (χ4v) is 1.08. The Balaban J connectivity index is 2.61. The van der Waals surface area contributed by atoms with Gasteiger partial charge in [0.15, 0.2) is 18.2 Å². The molecule has 0 aliphatic heterocycles.